The van der Waals surface area contributed by atoms with E-state index in [2.05, 4.69) is 4.74 Å². The van der Waals surface area contributed by atoms with E-state index in [0.717, 1.165) is 4.90 Å². The lowest BCUT2D eigenvalue weighted by Gasteiger charge is -2.29. The number of carbonyl (C=O) groups is 2. The molecule has 0 bridgehead atoms. The second-order valence-electron chi connectivity index (χ2n) is 5.10. The number of rotatable bonds is 5. The van der Waals surface area contributed by atoms with Crippen LogP contribution in [0.5, 0.6) is 0 Å². The van der Waals surface area contributed by atoms with E-state index in [1.54, 1.807) is 19.1 Å². The highest BCUT2D eigenvalue weighted by Crippen LogP contribution is 2.26. The highest BCUT2D eigenvalue weighted by Gasteiger charge is 2.23. The van der Waals surface area contributed by atoms with E-state index >= 15 is 0 Å². The summed E-state index contributed by atoms with van der Waals surface area (Å²) in [5.41, 5.74) is 0.664. The molecule has 0 N–H and O–H groups in total. The minimum atomic E-state index is -0.735. The van der Waals surface area contributed by atoms with E-state index in [4.69, 9.17) is 9.47 Å². The molecule has 2 rings (SSSR count). The molecule has 0 atom stereocenters. The summed E-state index contributed by atoms with van der Waals surface area (Å²) in [4.78, 5) is 26.5. The van der Waals surface area contributed by atoms with Gasteiger partial charge >= 0.3 is 12.1 Å². The van der Waals surface area contributed by atoms with Gasteiger partial charge in [0.1, 0.15) is 12.4 Å². The fourth-order valence-corrected chi connectivity index (χ4v) is 2.38. The average Bonchev–Trinajstić information content (AvgIpc) is 2.60. The fraction of sp³-hybridized carbons (Fsp3) is 0.500. The number of anilines is 2. The maximum atomic E-state index is 14.5. The van der Waals surface area contributed by atoms with Crippen LogP contribution in [-0.2, 0) is 19.0 Å². The topological polar surface area (TPSA) is 68.3 Å². The molecule has 8 heteroatoms. The molecule has 1 aliphatic rings. The Morgan fingerprint density at radius 2 is 2.04 bits per heavy atom. The maximum Gasteiger partial charge on any atom is 0.414 e. The first-order valence-corrected chi connectivity index (χ1v) is 7.70. The van der Waals surface area contributed by atoms with Gasteiger partial charge in [0.05, 0.1) is 38.3 Å². The van der Waals surface area contributed by atoms with Crippen LogP contribution >= 0.6 is 0 Å². The third-order valence-electron chi connectivity index (χ3n) is 3.60. The van der Waals surface area contributed by atoms with E-state index in [1.165, 1.54) is 13.2 Å². The van der Waals surface area contributed by atoms with Gasteiger partial charge in [0.15, 0.2) is 0 Å². The van der Waals surface area contributed by atoms with Crippen LogP contribution in [0, 0.1) is 5.82 Å². The van der Waals surface area contributed by atoms with Crippen molar-refractivity contribution in [1.82, 2.24) is 0 Å². The first kappa shape index (κ1) is 18.0. The Labute approximate surface area is 139 Å². The highest BCUT2D eigenvalue weighted by molar-refractivity contribution is 5.93. The molecule has 0 unspecified atom stereocenters. The van der Waals surface area contributed by atoms with Crippen molar-refractivity contribution in [3.8, 4) is 0 Å². The molecule has 7 nitrogen and oxygen atoms in total. The average molecular weight is 340 g/mol. The van der Waals surface area contributed by atoms with Crippen LogP contribution < -0.4 is 9.80 Å². The van der Waals surface area contributed by atoms with Gasteiger partial charge in [-0.15, -0.1) is 0 Å². The van der Waals surface area contributed by atoms with E-state index in [0.29, 0.717) is 32.0 Å². The van der Waals surface area contributed by atoms with E-state index in [1.807, 2.05) is 4.90 Å². The molecule has 24 heavy (non-hydrogen) atoms. The van der Waals surface area contributed by atoms with E-state index in [-0.39, 0.29) is 18.8 Å². The third kappa shape index (κ3) is 4.35. The maximum absolute atomic E-state index is 14.5. The summed E-state index contributed by atoms with van der Waals surface area (Å²) in [6.07, 6.45) is -0.735. The van der Waals surface area contributed by atoms with Crippen molar-refractivity contribution in [3.63, 3.8) is 0 Å². The summed E-state index contributed by atoms with van der Waals surface area (Å²) in [6, 6.07) is 4.37. The number of hydrogen-bond donors (Lipinski definition) is 0. The smallest absolute Gasteiger partial charge is 0.414 e. The standard InChI is InChI=1S/C16H21FN2O5/c1-3-24-16(21)19(11-15(20)22-2)12-4-5-14(13(17)10-12)18-6-8-23-9-7-18/h4-5,10H,3,6-9,11H2,1-2H3. The number of methoxy groups -OCH3 is 1. The second-order valence-corrected chi connectivity index (χ2v) is 5.10. The van der Waals surface area contributed by atoms with Crippen LogP contribution in [-0.4, -0.2) is 58.6 Å². The number of halogens is 1. The Morgan fingerprint density at radius 3 is 2.62 bits per heavy atom. The molecule has 0 aromatic heterocycles. The van der Waals surface area contributed by atoms with E-state index in [9.17, 15) is 14.0 Å². The van der Waals surface area contributed by atoms with Gasteiger partial charge in [-0.3, -0.25) is 9.69 Å². The fourth-order valence-electron chi connectivity index (χ4n) is 2.38. The minimum Gasteiger partial charge on any atom is -0.468 e. The molecule has 1 amide bonds. The van der Waals surface area contributed by atoms with Crippen LogP contribution in [0.1, 0.15) is 6.92 Å². The molecular formula is C16H21FN2O5. The summed E-state index contributed by atoms with van der Waals surface area (Å²) >= 11 is 0. The summed E-state index contributed by atoms with van der Waals surface area (Å²) in [7, 11) is 1.22. The minimum absolute atomic E-state index is 0.144. The zero-order chi connectivity index (χ0) is 17.5. The van der Waals surface area contributed by atoms with Crippen molar-refractivity contribution in [2.24, 2.45) is 0 Å². The van der Waals surface area contributed by atoms with Crippen LogP contribution in [0.3, 0.4) is 0 Å². The molecule has 1 fully saturated rings. The molecule has 0 radical (unpaired) electrons. The lowest BCUT2D eigenvalue weighted by Crippen LogP contribution is -2.38. The number of amides is 1. The van der Waals surface area contributed by atoms with Crippen molar-refractivity contribution in [2.45, 2.75) is 6.92 Å². The summed E-state index contributed by atoms with van der Waals surface area (Å²) in [5.74, 6) is -1.10. The monoisotopic (exact) mass is 340 g/mol. The zero-order valence-corrected chi connectivity index (χ0v) is 13.8. The third-order valence-corrected chi connectivity index (χ3v) is 3.60. The number of carbonyl (C=O) groups excluding carboxylic acids is 2. The van der Waals surface area contributed by atoms with Crippen LogP contribution in [0.25, 0.3) is 0 Å². The first-order valence-electron chi connectivity index (χ1n) is 7.70. The lowest BCUT2D eigenvalue weighted by atomic mass is 10.2. The molecule has 0 saturated carbocycles. The Hall–Kier alpha value is -2.35. The molecule has 1 saturated heterocycles. The van der Waals surface area contributed by atoms with Crippen LogP contribution in [0.15, 0.2) is 18.2 Å². The van der Waals surface area contributed by atoms with E-state index < -0.39 is 17.9 Å². The van der Waals surface area contributed by atoms with Gasteiger partial charge in [-0.1, -0.05) is 0 Å². The summed E-state index contributed by atoms with van der Waals surface area (Å²) in [6.45, 7) is 3.71. The highest BCUT2D eigenvalue weighted by atomic mass is 19.1. The van der Waals surface area contributed by atoms with Crippen molar-refractivity contribution in [2.75, 3.05) is 56.4 Å². The van der Waals surface area contributed by atoms with Crippen molar-refractivity contribution in [3.05, 3.63) is 24.0 Å². The predicted molar refractivity (Wildman–Crippen MR) is 85.8 cm³/mol. The summed E-state index contributed by atoms with van der Waals surface area (Å²) in [5, 5.41) is 0. The molecule has 132 valence electrons. The van der Waals surface area contributed by atoms with Gasteiger partial charge < -0.3 is 19.1 Å². The van der Waals surface area contributed by atoms with Crippen LogP contribution in [0.4, 0.5) is 20.6 Å². The largest absolute Gasteiger partial charge is 0.468 e. The van der Waals surface area contributed by atoms with Gasteiger partial charge in [0.2, 0.25) is 0 Å². The Balaban J connectivity index is 2.24. The van der Waals surface area contributed by atoms with Crippen molar-refractivity contribution < 1.29 is 28.2 Å². The Kier molecular flexibility index (Phi) is 6.36. The Bertz CT molecular complexity index is 590. The molecule has 0 spiro atoms. The number of hydrogen-bond acceptors (Lipinski definition) is 6. The summed E-state index contributed by atoms with van der Waals surface area (Å²) < 4.78 is 29.2. The van der Waals surface area contributed by atoms with Crippen LogP contribution in [0.2, 0.25) is 0 Å². The quantitative estimate of drug-likeness (QED) is 0.762. The molecule has 0 aliphatic carbocycles. The zero-order valence-electron chi connectivity index (χ0n) is 13.8. The van der Waals surface area contributed by atoms with Crippen molar-refractivity contribution in [1.29, 1.82) is 0 Å². The van der Waals surface area contributed by atoms with Gasteiger partial charge in [-0.05, 0) is 25.1 Å². The molecule has 1 aromatic rings. The SMILES string of the molecule is CCOC(=O)N(CC(=O)OC)c1ccc(N2CCOCC2)c(F)c1. The van der Waals surface area contributed by atoms with Gasteiger partial charge in [-0.25, -0.2) is 9.18 Å². The molecule has 1 heterocycles. The molecule has 1 aliphatic heterocycles. The number of ether oxygens (including phenoxy) is 3. The number of esters is 1. The normalized spacial score (nSPS) is 14.2. The van der Waals surface area contributed by atoms with Gasteiger partial charge in [0.25, 0.3) is 0 Å². The molecular weight excluding hydrogens is 319 g/mol. The molecule has 1 aromatic carbocycles. The first-order chi connectivity index (χ1) is 11.6. The van der Waals surface area contributed by atoms with Gasteiger partial charge in [-0.2, -0.15) is 0 Å². The van der Waals surface area contributed by atoms with Gasteiger partial charge in [0, 0.05) is 13.1 Å². The number of nitrogens with zero attached hydrogens (tertiary/aromatic N) is 2. The lowest BCUT2D eigenvalue weighted by molar-refractivity contribution is -0.138. The Morgan fingerprint density at radius 1 is 1.33 bits per heavy atom. The second kappa shape index (κ2) is 8.49. The predicted octanol–water partition coefficient (Wildman–Crippen LogP) is 1.80. The number of benzene rings is 1. The number of morpholine rings is 1. The van der Waals surface area contributed by atoms with Crippen molar-refractivity contribution >= 4 is 23.4 Å².